The molecule has 3 aromatic rings. The third kappa shape index (κ3) is 9.47. The van der Waals surface area contributed by atoms with E-state index in [1.807, 2.05) is 4.90 Å². The molecule has 0 atom stereocenters. The third-order valence-corrected chi connectivity index (χ3v) is 7.87. The number of carbonyl (C=O) groups is 1. The lowest BCUT2D eigenvalue weighted by atomic mass is 10.0. The monoisotopic (exact) mass is 694 g/mol. The van der Waals surface area contributed by atoms with E-state index in [0.29, 0.717) is 23.7 Å². The second kappa shape index (κ2) is 13.9. The van der Waals surface area contributed by atoms with Crippen molar-refractivity contribution in [2.24, 2.45) is 0 Å². The van der Waals surface area contributed by atoms with Crippen LogP contribution < -0.4 is 14.8 Å². The number of amides is 2. The average Bonchev–Trinajstić information content (AvgIpc) is 2.98. The van der Waals surface area contributed by atoms with Crippen LogP contribution in [0.4, 0.5) is 51.3 Å². The molecular formula is C30H30F8N4O4S. The molecule has 2 amide bonds. The van der Waals surface area contributed by atoms with Gasteiger partial charge in [0.25, 0.3) is 0 Å². The number of hydrogen-bond donors (Lipinski definition) is 2. The Morgan fingerprint density at radius 2 is 1.36 bits per heavy atom. The van der Waals surface area contributed by atoms with Crippen LogP contribution in [0.3, 0.4) is 0 Å². The minimum Gasteiger partial charge on any atom is -0.457 e. The summed E-state index contributed by atoms with van der Waals surface area (Å²) in [6.45, 7) is -1.41. The fourth-order valence-electron chi connectivity index (χ4n) is 4.87. The molecule has 2 N–H and O–H groups in total. The molecule has 0 aromatic heterocycles. The molecule has 256 valence electrons. The summed E-state index contributed by atoms with van der Waals surface area (Å²) in [5.41, 5.74) is 1.12. The number of rotatable bonds is 11. The van der Waals surface area contributed by atoms with Crippen LogP contribution in [0.1, 0.15) is 18.4 Å². The van der Waals surface area contributed by atoms with Crippen LogP contribution in [0, 0.1) is 5.82 Å². The second-order valence-corrected chi connectivity index (χ2v) is 12.7. The number of piperidine rings is 1. The molecule has 47 heavy (non-hydrogen) atoms. The predicted molar refractivity (Wildman–Crippen MR) is 158 cm³/mol. The number of carbonyl (C=O) groups excluding carboxylic acids is 1. The standard InChI is InChI=1S/C30H30F8N4O4S/c1-47(44,45)40-23-8-12-26(13-9-23)46-25-10-2-20(3-11-25)18-41-16-14-24(15-17-41)42(19-28(32,33)29(34,35)30(36,37)38)27(43)39-22-6-4-21(31)5-7-22/h2-13,24,40H,14-19H2,1H3,(H,39,43). The Balaban J connectivity index is 1.38. The van der Waals surface area contributed by atoms with E-state index in [-0.39, 0.29) is 36.5 Å². The summed E-state index contributed by atoms with van der Waals surface area (Å²) in [4.78, 5) is 15.2. The molecule has 1 heterocycles. The minimum absolute atomic E-state index is 0.00408. The number of halogens is 8. The quantitative estimate of drug-likeness (QED) is 0.206. The highest BCUT2D eigenvalue weighted by atomic mass is 32.2. The highest BCUT2D eigenvalue weighted by Crippen LogP contribution is 2.47. The second-order valence-electron chi connectivity index (χ2n) is 11.0. The molecule has 0 bridgehead atoms. The van der Waals surface area contributed by atoms with Crippen LogP contribution in [0.2, 0.25) is 0 Å². The van der Waals surface area contributed by atoms with Crippen LogP contribution in [-0.2, 0) is 16.6 Å². The Hall–Kier alpha value is -4.12. The fraction of sp³-hybridized carbons (Fsp3) is 0.367. The number of nitrogens with one attached hydrogen (secondary N) is 2. The Kier molecular flexibility index (Phi) is 10.6. The molecule has 1 fully saturated rings. The van der Waals surface area contributed by atoms with Gasteiger partial charge >= 0.3 is 24.1 Å². The lowest BCUT2D eigenvalue weighted by molar-refractivity contribution is -0.355. The van der Waals surface area contributed by atoms with Crippen molar-refractivity contribution in [1.82, 2.24) is 9.80 Å². The van der Waals surface area contributed by atoms with Gasteiger partial charge < -0.3 is 15.0 Å². The SMILES string of the molecule is CS(=O)(=O)Nc1ccc(Oc2ccc(CN3CCC(N(CC(F)(F)C(F)(F)C(F)(F)F)C(=O)Nc4ccc(F)cc4)CC3)cc2)cc1. The average molecular weight is 695 g/mol. The lowest BCUT2D eigenvalue weighted by Crippen LogP contribution is -2.60. The number of urea groups is 1. The van der Waals surface area contributed by atoms with E-state index in [0.717, 1.165) is 36.1 Å². The molecule has 8 nitrogen and oxygen atoms in total. The maximum atomic E-state index is 14.5. The van der Waals surface area contributed by atoms with Crippen molar-refractivity contribution in [3.05, 3.63) is 84.2 Å². The zero-order valence-electron chi connectivity index (χ0n) is 24.7. The smallest absolute Gasteiger partial charge is 0.457 e. The van der Waals surface area contributed by atoms with Crippen molar-refractivity contribution >= 4 is 27.4 Å². The van der Waals surface area contributed by atoms with Gasteiger partial charge in [-0.1, -0.05) is 12.1 Å². The number of likely N-dealkylation sites (tertiary alicyclic amines) is 1. The number of anilines is 2. The Morgan fingerprint density at radius 1 is 0.851 bits per heavy atom. The van der Waals surface area contributed by atoms with Gasteiger partial charge in [-0.3, -0.25) is 9.62 Å². The van der Waals surface area contributed by atoms with Crippen LogP contribution >= 0.6 is 0 Å². The van der Waals surface area contributed by atoms with E-state index < -0.39 is 52.5 Å². The van der Waals surface area contributed by atoms with Gasteiger partial charge in [0.1, 0.15) is 17.3 Å². The molecule has 0 spiro atoms. The van der Waals surface area contributed by atoms with Crippen LogP contribution in [0.5, 0.6) is 11.5 Å². The maximum Gasteiger partial charge on any atom is 0.459 e. The van der Waals surface area contributed by atoms with Crippen molar-refractivity contribution in [3.63, 3.8) is 0 Å². The van der Waals surface area contributed by atoms with Crippen molar-refractivity contribution in [1.29, 1.82) is 0 Å². The van der Waals surface area contributed by atoms with Gasteiger partial charge in [-0.15, -0.1) is 0 Å². The molecule has 0 unspecified atom stereocenters. The highest BCUT2D eigenvalue weighted by Gasteiger charge is 2.73. The van der Waals surface area contributed by atoms with E-state index in [1.54, 1.807) is 36.4 Å². The van der Waals surface area contributed by atoms with Gasteiger partial charge in [-0.05, 0) is 79.1 Å². The number of sulfonamides is 1. The Bertz CT molecular complexity index is 1610. The highest BCUT2D eigenvalue weighted by molar-refractivity contribution is 7.92. The first kappa shape index (κ1) is 35.7. The summed E-state index contributed by atoms with van der Waals surface area (Å²) in [6, 6.07) is 14.8. The van der Waals surface area contributed by atoms with Crippen molar-refractivity contribution < 1.29 is 53.1 Å². The van der Waals surface area contributed by atoms with Gasteiger partial charge in [0.2, 0.25) is 10.0 Å². The molecular weight excluding hydrogens is 664 g/mol. The maximum absolute atomic E-state index is 14.5. The topological polar surface area (TPSA) is 91.0 Å². The molecule has 0 saturated carbocycles. The summed E-state index contributed by atoms with van der Waals surface area (Å²) < 4.78 is 139. The van der Waals surface area contributed by atoms with Gasteiger partial charge in [0, 0.05) is 37.1 Å². The zero-order chi connectivity index (χ0) is 34.6. The van der Waals surface area contributed by atoms with Crippen LogP contribution in [-0.4, -0.2) is 74.2 Å². The first-order valence-corrected chi connectivity index (χ1v) is 15.9. The first-order valence-electron chi connectivity index (χ1n) is 14.1. The first-order chi connectivity index (χ1) is 21.8. The van der Waals surface area contributed by atoms with Gasteiger partial charge in [0.15, 0.2) is 0 Å². The van der Waals surface area contributed by atoms with Gasteiger partial charge in [-0.25, -0.2) is 17.6 Å². The molecule has 1 saturated heterocycles. The van der Waals surface area contributed by atoms with E-state index >= 15 is 0 Å². The summed E-state index contributed by atoms with van der Waals surface area (Å²) in [6.07, 6.45) is -5.53. The third-order valence-electron chi connectivity index (χ3n) is 7.26. The minimum atomic E-state index is -6.55. The van der Waals surface area contributed by atoms with Crippen molar-refractivity contribution in [2.75, 3.05) is 35.9 Å². The Labute approximate surface area is 265 Å². The summed E-state index contributed by atoms with van der Waals surface area (Å²) in [7, 11) is -3.43. The zero-order valence-corrected chi connectivity index (χ0v) is 25.5. The van der Waals surface area contributed by atoms with Crippen molar-refractivity contribution in [3.8, 4) is 11.5 Å². The van der Waals surface area contributed by atoms with Gasteiger partial charge in [-0.2, -0.15) is 30.7 Å². The number of ether oxygens (including phenoxy) is 1. The van der Waals surface area contributed by atoms with Crippen LogP contribution in [0.15, 0.2) is 72.8 Å². The van der Waals surface area contributed by atoms with E-state index in [2.05, 4.69) is 10.0 Å². The normalized spacial score (nSPS) is 15.3. The number of benzene rings is 3. The fourth-order valence-corrected chi connectivity index (χ4v) is 5.43. The van der Waals surface area contributed by atoms with E-state index in [9.17, 15) is 48.3 Å². The molecule has 0 aliphatic carbocycles. The van der Waals surface area contributed by atoms with E-state index in [4.69, 9.17) is 4.74 Å². The van der Waals surface area contributed by atoms with Crippen molar-refractivity contribution in [2.45, 2.75) is 43.4 Å². The largest absolute Gasteiger partial charge is 0.459 e. The molecule has 1 aliphatic rings. The van der Waals surface area contributed by atoms with Crippen LogP contribution in [0.25, 0.3) is 0 Å². The summed E-state index contributed by atoms with van der Waals surface area (Å²) >= 11 is 0. The predicted octanol–water partition coefficient (Wildman–Crippen LogP) is 7.32. The Morgan fingerprint density at radius 3 is 1.87 bits per heavy atom. The summed E-state index contributed by atoms with van der Waals surface area (Å²) in [5.74, 6) is -11.8. The summed E-state index contributed by atoms with van der Waals surface area (Å²) in [5, 5.41) is 2.17. The number of alkyl halides is 7. The van der Waals surface area contributed by atoms with E-state index in [1.165, 1.54) is 12.1 Å². The molecule has 3 aromatic carbocycles. The van der Waals surface area contributed by atoms with Gasteiger partial charge in [0.05, 0.1) is 12.8 Å². The molecule has 17 heteroatoms. The number of hydrogen-bond acceptors (Lipinski definition) is 5. The molecule has 1 aliphatic heterocycles. The lowest BCUT2D eigenvalue weighted by Gasteiger charge is -2.41. The molecule has 4 rings (SSSR count). The molecule has 0 radical (unpaired) electrons. The number of nitrogens with zero attached hydrogens (tertiary/aromatic N) is 2.